The first-order valence-electron chi connectivity index (χ1n) is 7.93. The van der Waals surface area contributed by atoms with E-state index in [1.165, 1.54) is 0 Å². The Balaban J connectivity index is 1.66. The summed E-state index contributed by atoms with van der Waals surface area (Å²) >= 11 is 5.94. The second kappa shape index (κ2) is 9.47. The topological polar surface area (TPSA) is 129 Å². The number of H-pyrrole nitrogens is 1. The van der Waals surface area contributed by atoms with E-state index in [4.69, 9.17) is 17.3 Å². The quantitative estimate of drug-likeness (QED) is 0.437. The number of carbonyl (C=O) groups excluding carboxylic acids is 3. The number of nitrogens with one attached hydrogen (secondary N) is 4. The van der Waals surface area contributed by atoms with Gasteiger partial charge in [-0.15, -0.1) is 0 Å². The number of amides is 4. The van der Waals surface area contributed by atoms with Crippen LogP contribution in [0.4, 0.5) is 4.79 Å². The highest BCUT2D eigenvalue weighted by Crippen LogP contribution is 2.20. The maximum absolute atomic E-state index is 11.9. The lowest BCUT2D eigenvalue weighted by Crippen LogP contribution is -2.39. The van der Waals surface area contributed by atoms with Gasteiger partial charge >= 0.3 is 6.03 Å². The molecule has 0 aliphatic carbocycles. The van der Waals surface area contributed by atoms with Gasteiger partial charge in [0.1, 0.15) is 0 Å². The summed E-state index contributed by atoms with van der Waals surface area (Å²) in [5.74, 6) is -0.474. The molecule has 0 bridgehead atoms. The second-order valence-corrected chi connectivity index (χ2v) is 5.94. The molecule has 0 unspecified atom stereocenters. The van der Waals surface area contributed by atoms with Crippen LogP contribution < -0.4 is 21.7 Å². The number of halogens is 1. The molecule has 2 rings (SSSR count). The molecule has 0 aliphatic rings. The van der Waals surface area contributed by atoms with Crippen molar-refractivity contribution in [3.8, 4) is 0 Å². The van der Waals surface area contributed by atoms with E-state index in [0.29, 0.717) is 11.6 Å². The molecule has 0 saturated heterocycles. The van der Waals surface area contributed by atoms with Crippen LogP contribution in [0.1, 0.15) is 5.69 Å². The van der Waals surface area contributed by atoms with Gasteiger partial charge in [0.05, 0.1) is 13.0 Å². The monoisotopic (exact) mass is 377 g/mol. The first-order valence-corrected chi connectivity index (χ1v) is 8.30. The fourth-order valence-electron chi connectivity index (χ4n) is 2.24. The third-order valence-corrected chi connectivity index (χ3v) is 3.65. The first-order chi connectivity index (χ1) is 12.4. The summed E-state index contributed by atoms with van der Waals surface area (Å²) in [6.07, 6.45) is 3.66. The van der Waals surface area contributed by atoms with E-state index in [0.717, 1.165) is 16.6 Å². The van der Waals surface area contributed by atoms with Crippen LogP contribution >= 0.6 is 11.6 Å². The van der Waals surface area contributed by atoms with Gasteiger partial charge in [-0.3, -0.25) is 9.59 Å². The second-order valence-electron chi connectivity index (χ2n) is 5.50. The van der Waals surface area contributed by atoms with Crippen molar-refractivity contribution in [2.75, 3.05) is 19.6 Å². The van der Waals surface area contributed by atoms with E-state index in [1.54, 1.807) is 18.2 Å². The first kappa shape index (κ1) is 19.3. The fourth-order valence-corrected chi connectivity index (χ4v) is 2.42. The van der Waals surface area contributed by atoms with Crippen molar-refractivity contribution >= 4 is 40.3 Å². The van der Waals surface area contributed by atoms with Crippen LogP contribution in [0, 0.1) is 0 Å². The molecule has 0 spiro atoms. The van der Waals surface area contributed by atoms with Gasteiger partial charge in [0.2, 0.25) is 11.8 Å². The lowest BCUT2D eigenvalue weighted by Gasteiger charge is -2.03. The van der Waals surface area contributed by atoms with Crippen LogP contribution in [-0.2, 0) is 16.0 Å². The molecule has 6 N–H and O–H groups in total. The van der Waals surface area contributed by atoms with Crippen LogP contribution in [-0.4, -0.2) is 42.5 Å². The predicted molar refractivity (Wildman–Crippen MR) is 99.8 cm³/mol. The maximum atomic E-state index is 11.9. The zero-order valence-corrected chi connectivity index (χ0v) is 14.7. The van der Waals surface area contributed by atoms with E-state index in [-0.39, 0.29) is 31.3 Å². The molecular weight excluding hydrogens is 358 g/mol. The number of aromatic amines is 1. The number of hydrogen-bond donors (Lipinski definition) is 5. The molecule has 26 heavy (non-hydrogen) atoms. The lowest BCUT2D eigenvalue weighted by molar-refractivity contribution is -0.121. The molecule has 138 valence electrons. The number of primary amides is 1. The van der Waals surface area contributed by atoms with Gasteiger partial charge in [-0.1, -0.05) is 23.8 Å². The van der Waals surface area contributed by atoms with E-state index in [1.807, 2.05) is 18.2 Å². The number of aromatic nitrogens is 1. The Morgan fingerprint density at radius 3 is 2.42 bits per heavy atom. The molecule has 0 radical (unpaired) electrons. The molecule has 0 atom stereocenters. The summed E-state index contributed by atoms with van der Waals surface area (Å²) in [4.78, 5) is 36.8. The summed E-state index contributed by atoms with van der Waals surface area (Å²) in [5, 5.41) is 9.11. The van der Waals surface area contributed by atoms with Crippen LogP contribution in [0.2, 0.25) is 5.02 Å². The normalized spacial score (nSPS) is 10.8. The Bertz CT molecular complexity index is 831. The zero-order chi connectivity index (χ0) is 18.9. The minimum Gasteiger partial charge on any atom is -0.358 e. The Kier molecular flexibility index (Phi) is 7.04. The van der Waals surface area contributed by atoms with Gasteiger partial charge < -0.3 is 26.7 Å². The molecule has 9 heteroatoms. The van der Waals surface area contributed by atoms with Crippen molar-refractivity contribution in [1.29, 1.82) is 0 Å². The minimum absolute atomic E-state index is 0.123. The van der Waals surface area contributed by atoms with Gasteiger partial charge in [0, 0.05) is 34.7 Å². The van der Waals surface area contributed by atoms with Gasteiger partial charge in [-0.25, -0.2) is 4.79 Å². The largest absolute Gasteiger partial charge is 0.358 e. The highest BCUT2D eigenvalue weighted by Gasteiger charge is 2.06. The fraction of sp³-hybridized carbons (Fsp3) is 0.235. The van der Waals surface area contributed by atoms with Crippen molar-refractivity contribution in [3.63, 3.8) is 0 Å². The summed E-state index contributed by atoms with van der Waals surface area (Å²) in [6.45, 7) is 0.466. The van der Waals surface area contributed by atoms with Crippen molar-refractivity contribution in [2.24, 2.45) is 5.73 Å². The van der Waals surface area contributed by atoms with Gasteiger partial charge in [0.15, 0.2) is 0 Å². The molecule has 4 amide bonds. The maximum Gasteiger partial charge on any atom is 0.312 e. The molecule has 1 aromatic carbocycles. The lowest BCUT2D eigenvalue weighted by atomic mass is 10.2. The summed E-state index contributed by atoms with van der Waals surface area (Å²) in [6, 6.07) is 6.64. The number of rotatable bonds is 8. The molecule has 1 heterocycles. The summed E-state index contributed by atoms with van der Waals surface area (Å²) in [5.41, 5.74) is 6.59. The number of carbonyl (C=O) groups is 3. The molecule has 0 fully saturated rings. The smallest absolute Gasteiger partial charge is 0.312 e. The summed E-state index contributed by atoms with van der Waals surface area (Å²) < 4.78 is 0. The number of fused-ring (bicyclic) bond motifs is 1. The zero-order valence-electron chi connectivity index (χ0n) is 14.0. The van der Waals surface area contributed by atoms with Crippen LogP contribution in [0.25, 0.3) is 10.9 Å². The Labute approximate surface area is 155 Å². The average molecular weight is 378 g/mol. The van der Waals surface area contributed by atoms with Crippen molar-refractivity contribution in [3.05, 3.63) is 47.1 Å². The Hall–Kier alpha value is -3.00. The number of benzene rings is 1. The molecule has 1 aromatic heterocycles. The van der Waals surface area contributed by atoms with Crippen LogP contribution in [0.15, 0.2) is 36.4 Å². The average Bonchev–Trinajstić information content (AvgIpc) is 2.97. The van der Waals surface area contributed by atoms with Crippen molar-refractivity contribution in [1.82, 2.24) is 20.9 Å². The van der Waals surface area contributed by atoms with E-state index in [9.17, 15) is 14.4 Å². The van der Waals surface area contributed by atoms with Crippen molar-refractivity contribution < 1.29 is 14.4 Å². The molecular formula is C17H20ClN5O3. The van der Waals surface area contributed by atoms with Crippen molar-refractivity contribution in [2.45, 2.75) is 6.42 Å². The van der Waals surface area contributed by atoms with Gasteiger partial charge in [-0.2, -0.15) is 0 Å². The Morgan fingerprint density at radius 1 is 1.04 bits per heavy atom. The number of hydrogen-bond acceptors (Lipinski definition) is 3. The van der Waals surface area contributed by atoms with E-state index in [2.05, 4.69) is 20.9 Å². The predicted octanol–water partition coefficient (Wildman–Crippen LogP) is 0.821. The summed E-state index contributed by atoms with van der Waals surface area (Å²) in [7, 11) is 0. The van der Waals surface area contributed by atoms with Crippen LogP contribution in [0.5, 0.6) is 0 Å². The number of urea groups is 1. The minimum atomic E-state index is -0.753. The molecule has 2 aromatic rings. The molecule has 8 nitrogen and oxygen atoms in total. The third-order valence-electron chi connectivity index (χ3n) is 3.41. The van der Waals surface area contributed by atoms with E-state index >= 15 is 0 Å². The Morgan fingerprint density at radius 2 is 1.73 bits per heavy atom. The third kappa shape index (κ3) is 6.48. The van der Waals surface area contributed by atoms with Crippen LogP contribution in [0.3, 0.4) is 0 Å². The molecule has 0 aliphatic heterocycles. The van der Waals surface area contributed by atoms with E-state index < -0.39 is 6.03 Å². The van der Waals surface area contributed by atoms with Gasteiger partial charge in [-0.05, 0) is 24.3 Å². The standard InChI is InChI=1S/C17H20ClN5O3/c18-12-3-4-14-11(7-12)8-13(23-14)9-15(24)20-5-1-2-6-21-16(25)10-22-17(19)26/h1-4,7-8,23H,5-6,9-10H2,(H,20,24)(H,21,25)(H3,19,22,26)/b2-1-. The SMILES string of the molecule is NC(=O)NCC(=O)NC/C=C\CNC(=O)Cc1cc2cc(Cl)ccc2[nH]1. The molecule has 0 saturated carbocycles. The highest BCUT2D eigenvalue weighted by molar-refractivity contribution is 6.31. The highest BCUT2D eigenvalue weighted by atomic mass is 35.5. The number of nitrogens with two attached hydrogens (primary N) is 1. The van der Waals surface area contributed by atoms with Gasteiger partial charge in [0.25, 0.3) is 0 Å².